The third kappa shape index (κ3) is 3.81. The second kappa shape index (κ2) is 7.32. The van der Waals surface area contributed by atoms with Crippen LogP contribution in [0.4, 0.5) is 10.2 Å². The van der Waals surface area contributed by atoms with E-state index in [1.165, 1.54) is 12.3 Å². The Kier molecular flexibility index (Phi) is 5.32. The van der Waals surface area contributed by atoms with Crippen LogP contribution in [0.1, 0.15) is 38.3 Å². The third-order valence-electron chi connectivity index (χ3n) is 4.58. The summed E-state index contributed by atoms with van der Waals surface area (Å²) in [5.74, 6) is 1.21. The molecular weight excluding hydrogens is 387 g/mol. The molecule has 1 aliphatic rings. The lowest BCUT2D eigenvalue weighted by Crippen LogP contribution is -2.29. The smallest absolute Gasteiger partial charge is 0.218 e. The maximum Gasteiger partial charge on any atom is 0.218 e. The number of hydrogen-bond donors (Lipinski definition) is 0. The van der Waals surface area contributed by atoms with Crippen LogP contribution in [0.25, 0.3) is 0 Å². The molecule has 0 radical (unpaired) electrons. The van der Waals surface area contributed by atoms with E-state index in [9.17, 15) is 4.39 Å². The Labute approximate surface area is 156 Å². The van der Waals surface area contributed by atoms with Gasteiger partial charge in [0.1, 0.15) is 11.6 Å². The molecule has 1 atom stereocenters. The van der Waals surface area contributed by atoms with Gasteiger partial charge in [0.05, 0.1) is 25.5 Å². The number of methoxy groups -OCH3 is 1. The van der Waals surface area contributed by atoms with Gasteiger partial charge in [0.2, 0.25) is 5.88 Å². The quantitative estimate of drug-likeness (QED) is 0.669. The Morgan fingerprint density at radius 3 is 2.96 bits per heavy atom. The molecule has 5 nitrogen and oxygen atoms in total. The molecule has 1 fully saturated rings. The molecule has 0 bridgehead atoms. The second-order valence-corrected chi connectivity index (χ2v) is 7.81. The van der Waals surface area contributed by atoms with Crippen LogP contribution >= 0.6 is 15.9 Å². The number of anilines is 1. The van der Waals surface area contributed by atoms with E-state index in [1.54, 1.807) is 7.11 Å². The highest BCUT2D eigenvalue weighted by Crippen LogP contribution is 2.39. The van der Waals surface area contributed by atoms with Gasteiger partial charge in [-0.1, -0.05) is 29.8 Å². The Balaban J connectivity index is 1.94. The van der Waals surface area contributed by atoms with E-state index in [-0.39, 0.29) is 17.3 Å². The van der Waals surface area contributed by atoms with Gasteiger partial charge in [-0.2, -0.15) is 5.10 Å². The highest BCUT2D eigenvalue weighted by molar-refractivity contribution is 9.09. The van der Waals surface area contributed by atoms with Crippen molar-refractivity contribution in [3.05, 3.63) is 35.9 Å². The molecule has 1 saturated heterocycles. The number of ether oxygens (including phenoxy) is 1. The summed E-state index contributed by atoms with van der Waals surface area (Å²) in [5.41, 5.74) is 0.890. The molecule has 7 heteroatoms. The predicted molar refractivity (Wildman–Crippen MR) is 99.9 cm³/mol. The molecule has 0 aliphatic carbocycles. The van der Waals surface area contributed by atoms with E-state index in [0.717, 1.165) is 42.6 Å². The van der Waals surface area contributed by atoms with Crippen LogP contribution < -0.4 is 9.64 Å². The summed E-state index contributed by atoms with van der Waals surface area (Å²) in [5, 5.41) is 5.41. The number of pyridine rings is 1. The molecule has 0 spiro atoms. The van der Waals surface area contributed by atoms with Gasteiger partial charge in [-0.25, -0.2) is 14.1 Å². The summed E-state index contributed by atoms with van der Waals surface area (Å²) < 4.78 is 21.2. The van der Waals surface area contributed by atoms with Gasteiger partial charge in [-0.05, 0) is 24.3 Å². The SMILES string of the molecule is COc1ncc(F)cc1[C@H]1CCCN1c1ccnn1CC(C)(C)CBr. The lowest BCUT2D eigenvalue weighted by Gasteiger charge is -2.30. The number of aromatic nitrogens is 3. The molecule has 3 heterocycles. The van der Waals surface area contributed by atoms with Crippen LogP contribution in [0, 0.1) is 11.2 Å². The summed E-state index contributed by atoms with van der Waals surface area (Å²) in [4.78, 5) is 6.39. The highest BCUT2D eigenvalue weighted by atomic mass is 79.9. The molecule has 2 aromatic heterocycles. The summed E-state index contributed by atoms with van der Waals surface area (Å²) in [7, 11) is 1.58. The summed E-state index contributed by atoms with van der Waals surface area (Å²) in [6, 6.07) is 3.61. The summed E-state index contributed by atoms with van der Waals surface area (Å²) in [6.45, 7) is 6.12. The number of rotatable bonds is 6. The van der Waals surface area contributed by atoms with E-state index in [1.807, 2.05) is 16.9 Å². The Morgan fingerprint density at radius 1 is 1.44 bits per heavy atom. The van der Waals surface area contributed by atoms with Crippen LogP contribution in [0.3, 0.4) is 0 Å². The van der Waals surface area contributed by atoms with Gasteiger partial charge in [0.15, 0.2) is 0 Å². The molecule has 0 saturated carbocycles. The first kappa shape index (κ1) is 18.2. The van der Waals surface area contributed by atoms with Crippen molar-refractivity contribution in [2.24, 2.45) is 5.41 Å². The van der Waals surface area contributed by atoms with Crippen LogP contribution in [-0.2, 0) is 6.54 Å². The van der Waals surface area contributed by atoms with Gasteiger partial charge in [-0.3, -0.25) is 0 Å². The van der Waals surface area contributed by atoms with Crippen LogP contribution in [0.2, 0.25) is 0 Å². The fourth-order valence-corrected chi connectivity index (χ4v) is 3.53. The Morgan fingerprint density at radius 2 is 2.24 bits per heavy atom. The first-order valence-electron chi connectivity index (χ1n) is 8.49. The van der Waals surface area contributed by atoms with Crippen molar-refractivity contribution in [3.8, 4) is 5.88 Å². The largest absolute Gasteiger partial charge is 0.481 e. The maximum atomic E-state index is 13.8. The van der Waals surface area contributed by atoms with Crippen LogP contribution in [-0.4, -0.2) is 33.7 Å². The average molecular weight is 411 g/mol. The number of hydrogen-bond acceptors (Lipinski definition) is 4. The molecule has 0 aromatic carbocycles. The minimum Gasteiger partial charge on any atom is -0.481 e. The van der Waals surface area contributed by atoms with Crippen molar-refractivity contribution in [3.63, 3.8) is 0 Å². The highest BCUT2D eigenvalue weighted by Gasteiger charge is 2.32. The van der Waals surface area contributed by atoms with Gasteiger partial charge in [0.25, 0.3) is 0 Å². The average Bonchev–Trinajstić information content (AvgIpc) is 3.23. The molecule has 25 heavy (non-hydrogen) atoms. The van der Waals surface area contributed by atoms with Crippen molar-refractivity contribution >= 4 is 21.7 Å². The second-order valence-electron chi connectivity index (χ2n) is 7.25. The van der Waals surface area contributed by atoms with E-state index < -0.39 is 0 Å². The topological polar surface area (TPSA) is 43.2 Å². The zero-order chi connectivity index (χ0) is 18.0. The minimum atomic E-state index is -0.337. The Hall–Kier alpha value is -1.63. The standard InChI is InChI=1S/C18H24BrFN4O/c1-18(2,11-19)12-24-16(6-7-22-24)23-8-4-5-15(23)14-9-13(20)10-21-17(14)25-3/h6-7,9-10,15H,4-5,8,11-12H2,1-3H3/t15-/m1/s1. The number of halogens is 2. The van der Waals surface area contributed by atoms with Crippen molar-refractivity contribution < 1.29 is 9.13 Å². The van der Waals surface area contributed by atoms with Crippen LogP contribution in [0.15, 0.2) is 24.5 Å². The summed E-state index contributed by atoms with van der Waals surface area (Å²) >= 11 is 3.58. The Bertz CT molecular complexity index is 734. The lowest BCUT2D eigenvalue weighted by atomic mass is 9.97. The normalized spacial score (nSPS) is 18.0. The first-order valence-corrected chi connectivity index (χ1v) is 9.61. The zero-order valence-electron chi connectivity index (χ0n) is 14.9. The zero-order valence-corrected chi connectivity index (χ0v) is 16.5. The van der Waals surface area contributed by atoms with Gasteiger partial charge < -0.3 is 9.64 Å². The molecule has 136 valence electrons. The third-order valence-corrected chi connectivity index (χ3v) is 6.10. The lowest BCUT2D eigenvalue weighted by molar-refractivity contribution is 0.335. The van der Waals surface area contributed by atoms with E-state index in [4.69, 9.17) is 4.74 Å². The van der Waals surface area contributed by atoms with E-state index in [0.29, 0.717) is 5.88 Å². The van der Waals surface area contributed by atoms with Crippen molar-refractivity contribution in [2.75, 3.05) is 23.9 Å². The molecule has 2 aromatic rings. The maximum absolute atomic E-state index is 13.8. The fraction of sp³-hybridized carbons (Fsp3) is 0.556. The molecule has 0 unspecified atom stereocenters. The van der Waals surface area contributed by atoms with Crippen molar-refractivity contribution in [2.45, 2.75) is 39.3 Å². The number of alkyl halides is 1. The minimum absolute atomic E-state index is 0.0423. The van der Waals surface area contributed by atoms with Gasteiger partial charge in [-0.15, -0.1) is 0 Å². The number of nitrogens with zero attached hydrogens (tertiary/aromatic N) is 4. The molecule has 0 N–H and O–H groups in total. The summed E-state index contributed by atoms with van der Waals surface area (Å²) in [6.07, 6.45) is 5.01. The van der Waals surface area contributed by atoms with Crippen LogP contribution in [0.5, 0.6) is 5.88 Å². The fourth-order valence-electron chi connectivity index (χ4n) is 3.36. The van der Waals surface area contributed by atoms with Gasteiger partial charge >= 0.3 is 0 Å². The van der Waals surface area contributed by atoms with E-state index >= 15 is 0 Å². The molecular formula is C18H24BrFN4O. The monoisotopic (exact) mass is 410 g/mol. The van der Waals surface area contributed by atoms with Gasteiger partial charge in [0, 0.05) is 30.0 Å². The molecule has 3 rings (SSSR count). The van der Waals surface area contributed by atoms with E-state index in [2.05, 4.69) is 44.8 Å². The first-order chi connectivity index (χ1) is 11.9. The predicted octanol–water partition coefficient (Wildman–Crippen LogP) is 4.19. The molecule has 1 aliphatic heterocycles. The van der Waals surface area contributed by atoms with Crippen molar-refractivity contribution in [1.29, 1.82) is 0 Å². The molecule has 0 amide bonds. The van der Waals surface area contributed by atoms with Crippen molar-refractivity contribution in [1.82, 2.24) is 14.8 Å².